The van der Waals surface area contributed by atoms with Gasteiger partial charge < -0.3 is 111 Å². The molecule has 23 heteroatoms. The third kappa shape index (κ3) is 65.5. The molecule has 0 aromatic carbocycles. The Morgan fingerprint density at radius 1 is 0.112 bits per heavy atom. The maximum Gasteiger partial charge on any atom is 0.0701 e. The van der Waals surface area contributed by atoms with Gasteiger partial charge in [-0.3, -0.25) is 0 Å². The van der Waals surface area contributed by atoms with Gasteiger partial charge in [0.25, 0.3) is 0 Å². The Morgan fingerprint density at radius 3 is 0.326 bits per heavy atom. The summed E-state index contributed by atoms with van der Waals surface area (Å²) in [5, 5.41) is 0. The van der Waals surface area contributed by atoms with Gasteiger partial charge in [0.05, 0.1) is 172 Å². The molecule has 0 aromatic heterocycles. The molecule has 5 fully saturated rings. The van der Waals surface area contributed by atoms with Crippen molar-refractivity contribution in [3.8, 4) is 0 Å². The monoisotopic (exact) mass is 1280 g/mol. The first-order valence-electron chi connectivity index (χ1n) is 34.8. The van der Waals surface area contributed by atoms with Crippen LogP contribution in [-0.4, -0.2) is 422 Å². The summed E-state index contributed by atoms with van der Waals surface area (Å²) >= 11 is 0. The highest BCUT2D eigenvalue weighted by Crippen LogP contribution is 2.08. The smallest absolute Gasteiger partial charge is 0.0701 e. The van der Waals surface area contributed by atoms with Gasteiger partial charge in [0.15, 0.2) is 0 Å². The third-order valence-electron chi connectivity index (χ3n) is 15.9. The van der Waals surface area contributed by atoms with Crippen molar-refractivity contribution in [3.05, 3.63) is 0 Å². The van der Waals surface area contributed by atoms with Crippen LogP contribution in [0.5, 0.6) is 0 Å². The summed E-state index contributed by atoms with van der Waals surface area (Å²) in [5.41, 5.74) is 0. The lowest BCUT2D eigenvalue weighted by atomic mass is 10.1. The van der Waals surface area contributed by atoms with Crippen molar-refractivity contribution < 1.29 is 61.6 Å². The SMILES string of the molecule is CN1CCCCCCCCN(C)CCOCCOCC1.CN1CCCCCCN(C)CCOCCOCC1.CN1CCOCCN(C)CCOCC1.CN1CCOCCOCCN(C)CCOCC1.CN1CCOCCOCCN(C)CCOCCOCC1. The van der Waals surface area contributed by atoms with E-state index in [1.807, 2.05) is 0 Å². The summed E-state index contributed by atoms with van der Waals surface area (Å²) in [6.45, 7) is 39.9. The molecule has 5 aliphatic heterocycles. The molecule has 89 heavy (non-hydrogen) atoms. The molecule has 5 heterocycles. The molecule has 0 atom stereocenters. The maximum atomic E-state index is 5.60. The van der Waals surface area contributed by atoms with E-state index < -0.39 is 0 Å². The molecule has 0 aromatic rings. The molecule has 5 aliphatic rings. The fourth-order valence-corrected chi connectivity index (χ4v) is 9.15. The average molecular weight is 1280 g/mol. The highest BCUT2D eigenvalue weighted by Gasteiger charge is 2.08. The van der Waals surface area contributed by atoms with E-state index in [0.29, 0.717) is 39.6 Å². The fraction of sp³-hybridized carbons (Fsp3) is 1.00. The second-order valence-electron chi connectivity index (χ2n) is 24.5. The molecule has 0 N–H and O–H groups in total. The second-order valence-corrected chi connectivity index (χ2v) is 24.5. The third-order valence-corrected chi connectivity index (χ3v) is 15.9. The van der Waals surface area contributed by atoms with Crippen molar-refractivity contribution in [1.82, 2.24) is 49.0 Å². The van der Waals surface area contributed by atoms with Gasteiger partial charge in [0.1, 0.15) is 0 Å². The van der Waals surface area contributed by atoms with Crippen LogP contribution in [0.3, 0.4) is 0 Å². The predicted octanol–water partition coefficient (Wildman–Crippen LogP) is 3.43. The molecular weight excluding hydrogens is 1140 g/mol. The van der Waals surface area contributed by atoms with Crippen molar-refractivity contribution >= 4 is 0 Å². The highest BCUT2D eigenvalue weighted by atomic mass is 16.5. The first-order chi connectivity index (χ1) is 43.4. The minimum absolute atomic E-state index is 0.664. The standard InChI is InChI=1S/C16H34N2O2.C14H30N2O4.C14H30N2O2.C12H26N2O3.C10H22N2O2/c1-17-9-7-5-3-4-6-8-10-18(2)12-14-20-16-15-19-13-11-17;1-15-3-7-17-11-13-19-9-5-16(2)6-10-20-14-12-18-8-4-15;1-15-7-5-3-4-6-8-16(2)10-12-18-14-13-17-11-9-15;1-13-3-7-15-8-4-14(2)6-10-17-12-11-16-9-5-13;1-11-3-7-13-9-5-12(2)6-10-14-8-4-11/h3-16H2,1-2H3;3-14H2,1-2H3;3-14H2,1-2H3;3-12H2,1-2H3;3-10H2,1-2H3. The van der Waals surface area contributed by atoms with E-state index >= 15 is 0 Å². The summed E-state index contributed by atoms with van der Waals surface area (Å²) in [6, 6.07) is 0. The zero-order valence-corrected chi connectivity index (χ0v) is 59.4. The molecule has 5 rings (SSSR count). The summed E-state index contributed by atoms with van der Waals surface area (Å²) < 4.78 is 72.0. The van der Waals surface area contributed by atoms with Crippen LogP contribution in [0, 0.1) is 0 Å². The number of nitrogens with zero attached hydrogens (tertiary/aromatic N) is 10. The zero-order valence-electron chi connectivity index (χ0n) is 59.4. The van der Waals surface area contributed by atoms with Crippen LogP contribution >= 0.6 is 0 Å². The lowest BCUT2D eigenvalue weighted by molar-refractivity contribution is 0.0137. The van der Waals surface area contributed by atoms with Crippen LogP contribution < -0.4 is 0 Å². The van der Waals surface area contributed by atoms with E-state index in [4.69, 9.17) is 61.6 Å². The highest BCUT2D eigenvalue weighted by molar-refractivity contribution is 4.60. The maximum absolute atomic E-state index is 5.60. The zero-order chi connectivity index (χ0) is 64.6. The van der Waals surface area contributed by atoms with Crippen LogP contribution in [-0.2, 0) is 61.6 Å². The van der Waals surface area contributed by atoms with E-state index in [1.165, 1.54) is 90.4 Å². The minimum atomic E-state index is 0.664. The Balaban J connectivity index is 0.000000559. The summed E-state index contributed by atoms with van der Waals surface area (Å²) in [4.78, 5) is 22.8. The lowest BCUT2D eigenvalue weighted by Crippen LogP contribution is -2.32. The molecule has 0 spiro atoms. The molecule has 23 nitrogen and oxygen atoms in total. The van der Waals surface area contributed by atoms with Gasteiger partial charge in [-0.05, 0) is 122 Å². The van der Waals surface area contributed by atoms with Crippen molar-refractivity contribution in [2.75, 3.05) is 373 Å². The summed E-state index contributed by atoms with van der Waals surface area (Å²) in [6.07, 6.45) is 13.5. The van der Waals surface area contributed by atoms with E-state index in [0.717, 1.165) is 237 Å². The topological polar surface area (TPSA) is 152 Å². The number of rotatable bonds is 0. The summed E-state index contributed by atoms with van der Waals surface area (Å²) in [5.74, 6) is 0. The molecule has 534 valence electrons. The molecular formula is C66H142N10O13. The first kappa shape index (κ1) is 86.1. The number of hydrogen-bond acceptors (Lipinski definition) is 23. The number of ether oxygens (including phenoxy) is 13. The van der Waals surface area contributed by atoms with Crippen LogP contribution in [0.25, 0.3) is 0 Å². The molecule has 0 unspecified atom stereocenters. The Kier molecular flexibility index (Phi) is 64.9. The molecule has 0 amide bonds. The largest absolute Gasteiger partial charge is 0.379 e. The molecule has 5 saturated heterocycles. The summed E-state index contributed by atoms with van der Waals surface area (Å²) in [7, 11) is 21.3. The van der Waals surface area contributed by atoms with Gasteiger partial charge in [-0.15, -0.1) is 0 Å². The van der Waals surface area contributed by atoms with Crippen LogP contribution in [0.15, 0.2) is 0 Å². The van der Waals surface area contributed by atoms with E-state index in [9.17, 15) is 0 Å². The van der Waals surface area contributed by atoms with Crippen LogP contribution in [0.4, 0.5) is 0 Å². The molecule has 0 bridgehead atoms. The second kappa shape index (κ2) is 67.1. The first-order valence-corrected chi connectivity index (χ1v) is 34.8. The van der Waals surface area contributed by atoms with Crippen LogP contribution in [0.1, 0.15) is 64.2 Å². The molecule has 0 aliphatic carbocycles. The number of hydrogen-bond donors (Lipinski definition) is 0. The fourth-order valence-electron chi connectivity index (χ4n) is 9.15. The van der Waals surface area contributed by atoms with Crippen molar-refractivity contribution in [3.63, 3.8) is 0 Å². The van der Waals surface area contributed by atoms with Gasteiger partial charge in [-0.2, -0.15) is 0 Å². The van der Waals surface area contributed by atoms with Gasteiger partial charge in [0, 0.05) is 105 Å². The predicted molar refractivity (Wildman–Crippen MR) is 362 cm³/mol. The number of likely N-dealkylation sites (N-methyl/N-ethyl adjacent to an activating group) is 10. The van der Waals surface area contributed by atoms with Crippen molar-refractivity contribution in [2.45, 2.75) is 64.2 Å². The Labute approximate surface area is 546 Å². The average Bonchev–Trinajstić information content (AvgIpc) is 3.52. The van der Waals surface area contributed by atoms with Gasteiger partial charge in [-0.1, -0.05) is 38.5 Å². The van der Waals surface area contributed by atoms with E-state index in [2.05, 4.69) is 119 Å². The van der Waals surface area contributed by atoms with Crippen molar-refractivity contribution in [1.29, 1.82) is 0 Å². The van der Waals surface area contributed by atoms with Gasteiger partial charge >= 0.3 is 0 Å². The van der Waals surface area contributed by atoms with Gasteiger partial charge in [0.2, 0.25) is 0 Å². The lowest BCUT2D eigenvalue weighted by Gasteiger charge is -2.21. The molecule has 0 saturated carbocycles. The van der Waals surface area contributed by atoms with Crippen LogP contribution in [0.2, 0.25) is 0 Å². The Morgan fingerprint density at radius 2 is 0.202 bits per heavy atom. The molecule has 0 radical (unpaired) electrons. The Hall–Kier alpha value is -0.920. The normalized spacial score (nSPS) is 25.0. The van der Waals surface area contributed by atoms with Gasteiger partial charge in [-0.25, -0.2) is 0 Å². The Bertz CT molecular complexity index is 1210. The van der Waals surface area contributed by atoms with E-state index in [1.54, 1.807) is 0 Å². The quantitative estimate of drug-likeness (QED) is 0.348. The van der Waals surface area contributed by atoms with Crippen molar-refractivity contribution in [2.24, 2.45) is 0 Å². The minimum Gasteiger partial charge on any atom is -0.379 e. The van der Waals surface area contributed by atoms with E-state index in [-0.39, 0.29) is 0 Å².